The maximum Gasteiger partial charge on any atom is 0.0521 e. The Balaban J connectivity index is 3.00. The van der Waals surface area contributed by atoms with Crippen LogP contribution < -0.4 is 0 Å². The molecule has 1 rings (SSSR count). The Hall–Kier alpha value is 1.76. The Morgan fingerprint density at radius 3 is 1.20 bits per heavy atom. The van der Waals surface area contributed by atoms with E-state index in [0.29, 0.717) is 0 Å². The molecule has 0 unspecified atom stereocenters. The van der Waals surface area contributed by atoms with Gasteiger partial charge in [0.15, 0.2) is 0 Å². The van der Waals surface area contributed by atoms with Crippen molar-refractivity contribution < 1.29 is 10.2 Å². The van der Waals surface area contributed by atoms with E-state index in [1.54, 1.807) is 23.5 Å². The molecule has 1 aromatic rings. The zero-order chi connectivity index (χ0) is 15.1. The van der Waals surface area contributed by atoms with E-state index in [1.165, 1.54) is 0 Å². The zero-order valence-corrected chi connectivity index (χ0v) is 18.4. The van der Waals surface area contributed by atoms with Crippen molar-refractivity contribution in [2.75, 3.05) is 24.7 Å². The van der Waals surface area contributed by atoms with Crippen molar-refractivity contribution in [3.63, 3.8) is 0 Å². The third-order valence-corrected chi connectivity index (χ3v) is 8.90. The van der Waals surface area contributed by atoms with Crippen LogP contribution in [0.25, 0.3) is 0 Å². The van der Waals surface area contributed by atoms with Gasteiger partial charge in [-0.3, -0.25) is 0 Å². The Labute approximate surface area is 161 Å². The number of hydrogen-bond acceptors (Lipinski definition) is 4. The van der Waals surface area contributed by atoms with Gasteiger partial charge in [0.25, 0.3) is 0 Å². The fourth-order valence-corrected chi connectivity index (χ4v) is 6.57. The Morgan fingerprint density at radius 2 is 0.950 bits per heavy atom. The highest BCUT2D eigenvalue weighted by atomic mass is 79.9. The van der Waals surface area contributed by atoms with Crippen LogP contribution in [0.4, 0.5) is 0 Å². The molecule has 114 valence electrons. The average Bonchev–Trinajstić information content (AvgIpc) is 2.44. The molecule has 0 spiro atoms. The van der Waals surface area contributed by atoms with E-state index in [2.05, 4.69) is 63.7 Å². The molecule has 0 saturated carbocycles. The summed E-state index contributed by atoms with van der Waals surface area (Å²) in [5, 5.41) is 17.7. The van der Waals surface area contributed by atoms with Crippen molar-refractivity contribution in [1.29, 1.82) is 0 Å². The Morgan fingerprint density at radius 1 is 0.650 bits per heavy atom. The molecule has 0 aliphatic rings. The highest BCUT2D eigenvalue weighted by Crippen LogP contribution is 2.44. The number of aliphatic hydroxyl groups excluding tert-OH is 2. The first-order chi connectivity index (χ1) is 9.54. The van der Waals surface area contributed by atoms with Crippen LogP contribution in [0.3, 0.4) is 0 Å². The lowest BCUT2D eigenvalue weighted by Gasteiger charge is -2.16. The van der Waals surface area contributed by atoms with Crippen molar-refractivity contribution in [3.05, 3.63) is 29.0 Å². The lowest BCUT2D eigenvalue weighted by molar-refractivity contribution is 0.322. The normalized spacial score (nSPS) is 11.1. The molecule has 0 aliphatic heterocycles. The first-order valence-corrected chi connectivity index (χ1v) is 11.2. The average molecular weight is 574 g/mol. The third-order valence-electron chi connectivity index (χ3n) is 2.41. The highest BCUT2D eigenvalue weighted by Gasteiger charge is 2.18. The third kappa shape index (κ3) is 5.44. The second-order valence-electron chi connectivity index (χ2n) is 3.77. The second kappa shape index (κ2) is 10.5. The number of benzene rings is 1. The van der Waals surface area contributed by atoms with Crippen LogP contribution in [0.5, 0.6) is 0 Å². The summed E-state index contributed by atoms with van der Waals surface area (Å²) in [6.45, 7) is 0.385. The van der Waals surface area contributed by atoms with E-state index in [0.717, 1.165) is 52.0 Å². The number of hydrogen-bond donors (Lipinski definition) is 2. The Kier molecular flexibility index (Phi) is 10.4. The molecular weight excluding hydrogens is 560 g/mol. The monoisotopic (exact) mass is 570 g/mol. The summed E-state index contributed by atoms with van der Waals surface area (Å²) < 4.78 is 4.16. The maximum atomic E-state index is 8.87. The molecule has 0 saturated heterocycles. The van der Waals surface area contributed by atoms with Crippen molar-refractivity contribution >= 4 is 87.2 Å². The van der Waals surface area contributed by atoms with Gasteiger partial charge in [-0.2, -0.15) is 23.5 Å². The van der Waals surface area contributed by atoms with Gasteiger partial charge in [-0.1, -0.05) is 0 Å². The SMILES string of the molecule is OCCSCc1c(Br)c(Br)c(CSCCO)c(Br)c1Br. The molecule has 0 fully saturated rings. The maximum absolute atomic E-state index is 8.87. The van der Waals surface area contributed by atoms with Crippen molar-refractivity contribution in [2.45, 2.75) is 11.5 Å². The Bertz CT molecular complexity index is 388. The number of thioether (sulfide) groups is 2. The fraction of sp³-hybridized carbons (Fsp3) is 0.500. The number of rotatable bonds is 8. The van der Waals surface area contributed by atoms with Gasteiger partial charge < -0.3 is 10.2 Å². The first kappa shape index (κ1) is 19.8. The summed E-state index contributed by atoms with van der Waals surface area (Å²) in [6.07, 6.45) is 0. The van der Waals surface area contributed by atoms with Crippen LogP contribution in [0.1, 0.15) is 11.1 Å². The molecule has 0 atom stereocenters. The topological polar surface area (TPSA) is 40.5 Å². The van der Waals surface area contributed by atoms with Crippen LogP contribution in [0.2, 0.25) is 0 Å². The molecule has 1 aromatic carbocycles. The predicted octanol–water partition coefficient (Wildman–Crippen LogP) is 5.19. The van der Waals surface area contributed by atoms with Crippen LogP contribution in [-0.2, 0) is 11.5 Å². The first-order valence-electron chi connectivity index (χ1n) is 5.75. The molecule has 0 heterocycles. The van der Waals surface area contributed by atoms with Gasteiger partial charge in [0.1, 0.15) is 0 Å². The smallest absolute Gasteiger partial charge is 0.0521 e. The lowest BCUT2D eigenvalue weighted by Crippen LogP contribution is -1.97. The van der Waals surface area contributed by atoms with Crippen molar-refractivity contribution in [1.82, 2.24) is 0 Å². The molecule has 2 nitrogen and oxygen atoms in total. The van der Waals surface area contributed by atoms with Crippen LogP contribution in [0, 0.1) is 0 Å². The van der Waals surface area contributed by atoms with Crippen LogP contribution in [0.15, 0.2) is 17.9 Å². The minimum atomic E-state index is 0.193. The summed E-state index contributed by atoms with van der Waals surface area (Å²) in [5.74, 6) is 3.09. The molecule has 2 N–H and O–H groups in total. The summed E-state index contributed by atoms with van der Waals surface area (Å²) in [6, 6.07) is 0. The summed E-state index contributed by atoms with van der Waals surface area (Å²) >= 11 is 18.0. The van der Waals surface area contributed by atoms with E-state index in [-0.39, 0.29) is 13.2 Å². The predicted molar refractivity (Wildman–Crippen MR) is 104 cm³/mol. The summed E-state index contributed by atoms with van der Waals surface area (Å²) in [7, 11) is 0. The molecule has 20 heavy (non-hydrogen) atoms. The minimum Gasteiger partial charge on any atom is -0.396 e. The molecule has 0 aromatic heterocycles. The van der Waals surface area contributed by atoms with E-state index in [9.17, 15) is 0 Å². The van der Waals surface area contributed by atoms with Gasteiger partial charge in [-0.05, 0) is 74.8 Å². The van der Waals surface area contributed by atoms with E-state index in [1.807, 2.05) is 0 Å². The van der Waals surface area contributed by atoms with Gasteiger partial charge in [0.05, 0.1) is 13.2 Å². The minimum absolute atomic E-state index is 0.193. The van der Waals surface area contributed by atoms with Gasteiger partial charge in [-0.25, -0.2) is 0 Å². The van der Waals surface area contributed by atoms with Gasteiger partial charge in [0, 0.05) is 40.9 Å². The summed E-state index contributed by atoms with van der Waals surface area (Å²) in [5.41, 5.74) is 2.33. The highest BCUT2D eigenvalue weighted by molar-refractivity contribution is 9.14. The van der Waals surface area contributed by atoms with Gasteiger partial charge in [-0.15, -0.1) is 0 Å². The quantitative estimate of drug-likeness (QED) is 0.332. The lowest BCUT2D eigenvalue weighted by atomic mass is 10.2. The number of halogens is 4. The van der Waals surface area contributed by atoms with Crippen LogP contribution in [-0.4, -0.2) is 34.9 Å². The van der Waals surface area contributed by atoms with Gasteiger partial charge >= 0.3 is 0 Å². The van der Waals surface area contributed by atoms with E-state index in [4.69, 9.17) is 10.2 Å². The zero-order valence-electron chi connectivity index (χ0n) is 10.5. The number of aliphatic hydroxyl groups is 2. The largest absolute Gasteiger partial charge is 0.396 e. The molecule has 0 amide bonds. The molecule has 0 radical (unpaired) electrons. The fourth-order valence-electron chi connectivity index (χ4n) is 1.45. The van der Waals surface area contributed by atoms with Crippen molar-refractivity contribution in [3.8, 4) is 0 Å². The van der Waals surface area contributed by atoms with Crippen LogP contribution >= 0.6 is 87.2 Å². The van der Waals surface area contributed by atoms with E-state index < -0.39 is 0 Å². The molecular formula is C12H14Br4O2S2. The molecule has 8 heteroatoms. The molecule has 0 bridgehead atoms. The summed E-state index contributed by atoms with van der Waals surface area (Å²) in [4.78, 5) is 0. The molecule has 0 aliphatic carbocycles. The van der Waals surface area contributed by atoms with E-state index >= 15 is 0 Å². The van der Waals surface area contributed by atoms with Gasteiger partial charge in [0.2, 0.25) is 0 Å². The second-order valence-corrected chi connectivity index (χ2v) is 9.15. The standard InChI is InChI=1S/C12H14Br4O2S2/c13-9-7(5-19-3-1-17)10(14)12(16)8(11(9)15)6-20-4-2-18/h17-18H,1-6H2. The van der Waals surface area contributed by atoms with Crippen molar-refractivity contribution in [2.24, 2.45) is 0 Å².